The number of aromatic nitrogens is 5. The van der Waals surface area contributed by atoms with Crippen LogP contribution in [-0.4, -0.2) is 56.3 Å². The van der Waals surface area contributed by atoms with Crippen LogP contribution in [0.5, 0.6) is 0 Å². The highest BCUT2D eigenvalue weighted by atomic mass is 19.1. The number of nitrogens with one attached hydrogen (secondary N) is 1. The Morgan fingerprint density at radius 1 is 0.917 bits per heavy atom. The van der Waals surface area contributed by atoms with Gasteiger partial charge in [0, 0.05) is 30.6 Å². The van der Waals surface area contributed by atoms with Gasteiger partial charge in [0.25, 0.3) is 0 Å². The molecule has 1 N–H and O–H groups in total. The highest BCUT2D eigenvalue weighted by Crippen LogP contribution is 2.26. The summed E-state index contributed by atoms with van der Waals surface area (Å²) < 4.78 is 49.7. The van der Waals surface area contributed by atoms with Crippen LogP contribution in [0.15, 0.2) is 42.5 Å². The summed E-state index contributed by atoms with van der Waals surface area (Å²) >= 11 is 0. The van der Waals surface area contributed by atoms with Gasteiger partial charge < -0.3 is 15.0 Å². The minimum absolute atomic E-state index is 0.0296. The third-order valence-electron chi connectivity index (χ3n) is 5.99. The van der Waals surface area contributed by atoms with Crippen molar-refractivity contribution in [2.24, 2.45) is 0 Å². The average Bonchev–Trinajstić information content (AvgIpc) is 3.25. The van der Waals surface area contributed by atoms with E-state index in [1.54, 1.807) is 24.5 Å². The van der Waals surface area contributed by atoms with Crippen molar-refractivity contribution in [3.05, 3.63) is 65.5 Å². The van der Waals surface area contributed by atoms with Gasteiger partial charge in [0.05, 0.1) is 24.2 Å². The molecule has 3 heterocycles. The first kappa shape index (κ1) is 24.0. The van der Waals surface area contributed by atoms with Crippen LogP contribution in [0.4, 0.5) is 25.1 Å². The topological polar surface area (TPSA) is 81.0 Å². The molecule has 5 rings (SSSR count). The second kappa shape index (κ2) is 9.73. The Kier molecular flexibility index (Phi) is 6.48. The molecule has 36 heavy (non-hydrogen) atoms. The number of nitrogens with zero attached hydrogens (tertiary/aromatic N) is 6. The van der Waals surface area contributed by atoms with Crippen LogP contribution >= 0.6 is 0 Å². The lowest BCUT2D eigenvalue weighted by atomic mass is 9.94. The van der Waals surface area contributed by atoms with Gasteiger partial charge >= 0.3 is 0 Å². The normalized spacial score (nSPS) is 14.4. The Morgan fingerprint density at radius 2 is 1.61 bits per heavy atom. The predicted molar refractivity (Wildman–Crippen MR) is 130 cm³/mol. The van der Waals surface area contributed by atoms with Crippen molar-refractivity contribution in [3.8, 4) is 5.95 Å². The molecule has 11 heteroatoms. The van der Waals surface area contributed by atoms with Crippen LogP contribution in [0.1, 0.15) is 25.2 Å². The van der Waals surface area contributed by atoms with E-state index in [1.807, 2.05) is 23.1 Å². The molecule has 8 nitrogen and oxygen atoms in total. The number of morpholine rings is 1. The van der Waals surface area contributed by atoms with Crippen molar-refractivity contribution < 1.29 is 17.9 Å². The second-order valence-corrected chi connectivity index (χ2v) is 9.23. The number of halogens is 3. The lowest BCUT2D eigenvalue weighted by molar-refractivity contribution is 0.122. The minimum Gasteiger partial charge on any atom is -0.378 e. The fraction of sp³-hybridized carbons (Fsp3) is 0.360. The molecule has 4 aromatic rings. The Balaban J connectivity index is 1.57. The molecule has 1 aliphatic heterocycles. The summed E-state index contributed by atoms with van der Waals surface area (Å²) in [5.74, 6) is -0.287. The van der Waals surface area contributed by atoms with Gasteiger partial charge in [0.1, 0.15) is 24.1 Å². The summed E-state index contributed by atoms with van der Waals surface area (Å²) in [6.07, 6.45) is 0.0448. The lowest BCUT2D eigenvalue weighted by Gasteiger charge is -2.29. The number of benzene rings is 2. The number of hydrogen-bond acceptors (Lipinski definition) is 7. The van der Waals surface area contributed by atoms with E-state index >= 15 is 0 Å². The second-order valence-electron chi connectivity index (χ2n) is 9.23. The van der Waals surface area contributed by atoms with Gasteiger partial charge in [-0.2, -0.15) is 15.0 Å². The van der Waals surface area contributed by atoms with Gasteiger partial charge in [0.15, 0.2) is 0 Å². The van der Waals surface area contributed by atoms with E-state index in [4.69, 9.17) is 4.74 Å². The highest BCUT2D eigenvalue weighted by Gasteiger charge is 2.26. The molecule has 0 radical (unpaired) electrons. The van der Waals surface area contributed by atoms with E-state index in [9.17, 15) is 13.2 Å². The maximum atomic E-state index is 14.3. The smallest absolute Gasteiger partial charge is 0.242 e. The molecule has 188 valence electrons. The average molecular weight is 498 g/mol. The molecule has 0 aliphatic carbocycles. The van der Waals surface area contributed by atoms with Crippen molar-refractivity contribution >= 4 is 22.9 Å². The van der Waals surface area contributed by atoms with Crippen LogP contribution in [0.25, 0.3) is 17.0 Å². The minimum atomic E-state index is -0.830. The van der Waals surface area contributed by atoms with Crippen LogP contribution in [0, 0.1) is 11.6 Å². The molecular formula is C25H26F3N7O. The zero-order valence-corrected chi connectivity index (χ0v) is 20.0. The first-order valence-electron chi connectivity index (χ1n) is 11.7. The predicted octanol–water partition coefficient (Wildman–Crippen LogP) is 4.23. The molecule has 0 spiro atoms. The Labute approximate surface area is 206 Å². The summed E-state index contributed by atoms with van der Waals surface area (Å²) in [6.45, 7) is 4.98. The molecule has 1 saturated heterocycles. The third-order valence-corrected chi connectivity index (χ3v) is 5.99. The number of anilines is 2. The SMILES string of the molecule is CC(C)(Cc1c(F)cccc1F)Nc1nc(N2CCOCC2)nc(-n2c(CF)nc3ccccc32)n1. The van der Waals surface area contributed by atoms with Crippen LogP contribution in [-0.2, 0) is 17.8 Å². The fourth-order valence-corrected chi connectivity index (χ4v) is 4.29. The largest absolute Gasteiger partial charge is 0.378 e. The fourth-order valence-electron chi connectivity index (χ4n) is 4.29. The lowest BCUT2D eigenvalue weighted by Crippen LogP contribution is -2.39. The molecule has 0 saturated carbocycles. The third kappa shape index (κ3) is 4.83. The van der Waals surface area contributed by atoms with Crippen LogP contribution in [0.3, 0.4) is 0 Å². The molecule has 1 aliphatic rings. The van der Waals surface area contributed by atoms with E-state index in [2.05, 4.69) is 25.3 Å². The van der Waals surface area contributed by atoms with Gasteiger partial charge in [-0.15, -0.1) is 0 Å². The van der Waals surface area contributed by atoms with Crippen molar-refractivity contribution in [3.63, 3.8) is 0 Å². The van der Waals surface area contributed by atoms with Gasteiger partial charge in [-0.3, -0.25) is 4.57 Å². The number of alkyl halides is 1. The molecule has 0 amide bonds. The van der Waals surface area contributed by atoms with E-state index in [1.165, 1.54) is 18.2 Å². The maximum Gasteiger partial charge on any atom is 0.242 e. The molecule has 0 bridgehead atoms. The van der Waals surface area contributed by atoms with E-state index < -0.39 is 23.8 Å². The molecular weight excluding hydrogens is 471 g/mol. The number of hydrogen-bond donors (Lipinski definition) is 1. The Hall–Kier alpha value is -3.73. The molecule has 0 atom stereocenters. The van der Waals surface area contributed by atoms with Gasteiger partial charge in [0.2, 0.25) is 17.8 Å². The number of para-hydroxylation sites is 2. The molecule has 1 fully saturated rings. The number of ether oxygens (including phenoxy) is 1. The number of rotatable bonds is 7. The zero-order chi connectivity index (χ0) is 25.3. The monoisotopic (exact) mass is 497 g/mol. The molecule has 2 aromatic heterocycles. The highest BCUT2D eigenvalue weighted by molar-refractivity contribution is 5.77. The van der Waals surface area contributed by atoms with Gasteiger partial charge in [-0.1, -0.05) is 18.2 Å². The van der Waals surface area contributed by atoms with Crippen molar-refractivity contribution in [1.29, 1.82) is 0 Å². The first-order valence-corrected chi connectivity index (χ1v) is 11.7. The quantitative estimate of drug-likeness (QED) is 0.409. The maximum absolute atomic E-state index is 14.3. The molecule has 2 aromatic carbocycles. The van der Waals surface area contributed by atoms with Crippen molar-refractivity contribution in [1.82, 2.24) is 24.5 Å². The van der Waals surface area contributed by atoms with Crippen molar-refractivity contribution in [2.75, 3.05) is 36.5 Å². The summed E-state index contributed by atoms with van der Waals surface area (Å²) in [7, 11) is 0. The van der Waals surface area contributed by atoms with Crippen molar-refractivity contribution in [2.45, 2.75) is 32.5 Å². The summed E-state index contributed by atoms with van der Waals surface area (Å²) in [5, 5.41) is 3.21. The number of imidazole rings is 1. The van der Waals surface area contributed by atoms with E-state index in [0.717, 1.165) is 0 Å². The molecule has 0 unspecified atom stereocenters. The zero-order valence-electron chi connectivity index (χ0n) is 20.0. The first-order chi connectivity index (χ1) is 17.3. The van der Waals surface area contributed by atoms with Crippen LogP contribution < -0.4 is 10.2 Å². The van der Waals surface area contributed by atoms with Gasteiger partial charge in [-0.05, 0) is 38.1 Å². The van der Waals surface area contributed by atoms with Gasteiger partial charge in [-0.25, -0.2) is 18.2 Å². The Morgan fingerprint density at radius 3 is 2.33 bits per heavy atom. The van der Waals surface area contributed by atoms with E-state index in [0.29, 0.717) is 43.3 Å². The Bertz CT molecular complexity index is 1370. The summed E-state index contributed by atoms with van der Waals surface area (Å²) in [5.41, 5.74) is 0.411. The number of fused-ring (bicyclic) bond motifs is 1. The van der Waals surface area contributed by atoms with Crippen LogP contribution in [0.2, 0.25) is 0 Å². The standard InChI is InChI=1S/C25H26F3N7O/c1-25(2,14-16-17(27)6-5-7-18(16)28)33-22-30-23(34-10-12-36-13-11-34)32-24(31-22)35-20-9-4-3-8-19(20)29-21(35)15-26/h3-9H,10-15H2,1-2H3,(H,30,31,32,33). The van der Waals surface area contributed by atoms with E-state index in [-0.39, 0.29) is 29.7 Å². The summed E-state index contributed by atoms with van der Waals surface area (Å²) in [4.78, 5) is 20.2. The summed E-state index contributed by atoms with van der Waals surface area (Å²) in [6, 6.07) is 11.1.